The van der Waals surface area contributed by atoms with Gasteiger partial charge in [-0.3, -0.25) is 9.52 Å². The van der Waals surface area contributed by atoms with Crippen LogP contribution >= 0.6 is 0 Å². The number of benzene rings is 1. The zero-order valence-electron chi connectivity index (χ0n) is 13.9. The SMILES string of the molecule is CCC(c1ccccc1)S(=O)(=O)NC(=O)[C@@H]1CCCC[C@H]1C(F)(F)F. The molecule has 25 heavy (non-hydrogen) atoms. The van der Waals surface area contributed by atoms with Crippen LogP contribution in [0.2, 0.25) is 0 Å². The molecule has 0 saturated heterocycles. The molecule has 140 valence electrons. The molecule has 4 nitrogen and oxygen atoms in total. The van der Waals surface area contributed by atoms with Gasteiger partial charge in [-0.05, 0) is 24.8 Å². The third-order valence-corrected chi connectivity index (χ3v) is 6.52. The molecule has 1 aromatic carbocycles. The fourth-order valence-corrected chi connectivity index (χ4v) is 4.95. The van der Waals surface area contributed by atoms with E-state index in [4.69, 9.17) is 0 Å². The van der Waals surface area contributed by atoms with Crippen molar-refractivity contribution < 1.29 is 26.4 Å². The number of amides is 1. The minimum absolute atomic E-state index is 0.0493. The summed E-state index contributed by atoms with van der Waals surface area (Å²) in [6, 6.07) is 8.33. The van der Waals surface area contributed by atoms with E-state index in [2.05, 4.69) is 0 Å². The molecule has 3 atom stereocenters. The largest absolute Gasteiger partial charge is 0.392 e. The van der Waals surface area contributed by atoms with Crippen LogP contribution in [0.15, 0.2) is 30.3 Å². The molecule has 0 radical (unpaired) electrons. The maximum absolute atomic E-state index is 13.1. The Hall–Kier alpha value is -1.57. The van der Waals surface area contributed by atoms with Gasteiger partial charge in [-0.1, -0.05) is 50.1 Å². The molecule has 2 rings (SSSR count). The maximum atomic E-state index is 13.1. The Morgan fingerprint density at radius 3 is 2.36 bits per heavy atom. The number of rotatable bonds is 5. The molecule has 0 aliphatic heterocycles. The van der Waals surface area contributed by atoms with Crippen molar-refractivity contribution in [2.45, 2.75) is 50.5 Å². The van der Waals surface area contributed by atoms with Crippen molar-refractivity contribution in [3.8, 4) is 0 Å². The van der Waals surface area contributed by atoms with Gasteiger partial charge in [-0.25, -0.2) is 8.42 Å². The van der Waals surface area contributed by atoms with E-state index in [1.54, 1.807) is 37.3 Å². The number of halogens is 3. The Balaban J connectivity index is 2.19. The number of alkyl halides is 3. The Morgan fingerprint density at radius 1 is 1.20 bits per heavy atom. The van der Waals surface area contributed by atoms with Gasteiger partial charge >= 0.3 is 6.18 Å². The van der Waals surface area contributed by atoms with Gasteiger partial charge in [0, 0.05) is 0 Å². The second-order valence-corrected chi connectivity index (χ2v) is 8.22. The molecule has 1 amide bonds. The standard InChI is InChI=1S/C17H22F3NO3S/c1-2-15(12-8-4-3-5-9-12)25(23,24)21-16(22)13-10-6-7-11-14(13)17(18,19)20/h3-5,8-9,13-15H,2,6-7,10-11H2,1H3,(H,21,22)/t13-,14-,15?/m1/s1. The summed E-state index contributed by atoms with van der Waals surface area (Å²) in [7, 11) is -4.11. The average molecular weight is 377 g/mol. The first-order chi connectivity index (χ1) is 11.7. The van der Waals surface area contributed by atoms with Crippen molar-refractivity contribution in [2.24, 2.45) is 11.8 Å². The average Bonchev–Trinajstić information content (AvgIpc) is 2.55. The van der Waals surface area contributed by atoms with Gasteiger partial charge in [0.1, 0.15) is 5.25 Å². The predicted molar refractivity (Wildman–Crippen MR) is 88.0 cm³/mol. The molecule has 1 saturated carbocycles. The van der Waals surface area contributed by atoms with Crippen LogP contribution in [0.3, 0.4) is 0 Å². The van der Waals surface area contributed by atoms with Crippen LogP contribution in [-0.4, -0.2) is 20.5 Å². The molecule has 1 aliphatic carbocycles. The normalized spacial score (nSPS) is 23.0. The lowest BCUT2D eigenvalue weighted by Gasteiger charge is -2.32. The van der Waals surface area contributed by atoms with Crippen LogP contribution < -0.4 is 4.72 Å². The fraction of sp³-hybridized carbons (Fsp3) is 0.588. The van der Waals surface area contributed by atoms with Crippen molar-refractivity contribution >= 4 is 15.9 Å². The first-order valence-corrected chi connectivity index (χ1v) is 9.88. The zero-order chi connectivity index (χ0) is 18.7. The Morgan fingerprint density at radius 2 is 1.80 bits per heavy atom. The molecule has 1 N–H and O–H groups in total. The third-order valence-electron chi connectivity index (χ3n) is 4.68. The molecule has 8 heteroatoms. The van der Waals surface area contributed by atoms with Crippen LogP contribution in [0.4, 0.5) is 13.2 Å². The summed E-state index contributed by atoms with van der Waals surface area (Å²) < 4.78 is 66.5. The number of nitrogens with one attached hydrogen (secondary N) is 1. The van der Waals surface area contributed by atoms with Gasteiger partial charge in [-0.2, -0.15) is 13.2 Å². The lowest BCUT2D eigenvalue weighted by molar-refractivity contribution is -0.197. The first-order valence-electron chi connectivity index (χ1n) is 8.34. The summed E-state index contributed by atoms with van der Waals surface area (Å²) in [6.07, 6.45) is -3.51. The molecule has 1 aromatic rings. The molecule has 1 aliphatic rings. The highest BCUT2D eigenvalue weighted by Gasteiger charge is 2.48. The van der Waals surface area contributed by atoms with Gasteiger partial charge in [0.2, 0.25) is 15.9 Å². The smallest absolute Gasteiger partial charge is 0.274 e. The van der Waals surface area contributed by atoms with E-state index >= 15 is 0 Å². The summed E-state index contributed by atoms with van der Waals surface area (Å²) >= 11 is 0. The van der Waals surface area contributed by atoms with Gasteiger partial charge in [0.05, 0.1) is 11.8 Å². The van der Waals surface area contributed by atoms with Crippen LogP contribution in [0.5, 0.6) is 0 Å². The molecular weight excluding hydrogens is 355 g/mol. The topological polar surface area (TPSA) is 63.2 Å². The minimum atomic E-state index is -4.50. The van der Waals surface area contributed by atoms with Crippen molar-refractivity contribution in [3.05, 3.63) is 35.9 Å². The number of sulfonamides is 1. The quantitative estimate of drug-likeness (QED) is 0.845. The van der Waals surface area contributed by atoms with E-state index in [1.165, 1.54) is 0 Å². The molecule has 0 heterocycles. The molecule has 0 spiro atoms. The van der Waals surface area contributed by atoms with Crippen LogP contribution in [0.25, 0.3) is 0 Å². The van der Waals surface area contributed by atoms with Gasteiger partial charge in [0.15, 0.2) is 0 Å². The highest BCUT2D eigenvalue weighted by Crippen LogP contribution is 2.41. The first kappa shape index (κ1) is 19.8. The highest BCUT2D eigenvalue weighted by atomic mass is 32.2. The monoisotopic (exact) mass is 377 g/mol. The molecule has 1 fully saturated rings. The second kappa shape index (κ2) is 7.76. The fourth-order valence-electron chi connectivity index (χ4n) is 3.43. The molecular formula is C17H22F3NO3S. The minimum Gasteiger partial charge on any atom is -0.274 e. The van der Waals surface area contributed by atoms with Crippen molar-refractivity contribution in [3.63, 3.8) is 0 Å². The molecule has 0 aromatic heterocycles. The Kier molecular flexibility index (Phi) is 6.13. The van der Waals surface area contributed by atoms with E-state index in [1.807, 2.05) is 4.72 Å². The number of carbonyl (C=O) groups excluding carboxylic acids is 1. The highest BCUT2D eigenvalue weighted by molar-refractivity contribution is 7.90. The van der Waals surface area contributed by atoms with Gasteiger partial charge < -0.3 is 0 Å². The number of hydrogen-bond acceptors (Lipinski definition) is 3. The summed E-state index contributed by atoms with van der Waals surface area (Å²) in [5, 5.41) is -0.981. The zero-order valence-corrected chi connectivity index (χ0v) is 14.7. The van der Waals surface area contributed by atoms with E-state index in [0.717, 1.165) is 0 Å². The van der Waals surface area contributed by atoms with Crippen molar-refractivity contribution in [1.82, 2.24) is 4.72 Å². The van der Waals surface area contributed by atoms with E-state index < -0.39 is 39.2 Å². The van der Waals surface area contributed by atoms with Crippen molar-refractivity contribution in [2.75, 3.05) is 0 Å². The summed E-state index contributed by atoms with van der Waals surface area (Å²) in [5.74, 6) is -4.18. The molecule has 0 bridgehead atoms. The summed E-state index contributed by atoms with van der Waals surface area (Å²) in [6.45, 7) is 1.65. The van der Waals surface area contributed by atoms with Crippen LogP contribution in [0, 0.1) is 11.8 Å². The maximum Gasteiger partial charge on any atom is 0.392 e. The number of hydrogen-bond donors (Lipinski definition) is 1. The summed E-state index contributed by atoms with van der Waals surface area (Å²) in [4.78, 5) is 12.3. The van der Waals surface area contributed by atoms with Crippen molar-refractivity contribution in [1.29, 1.82) is 0 Å². The Bertz CT molecular complexity index is 689. The van der Waals surface area contributed by atoms with E-state index in [-0.39, 0.29) is 19.3 Å². The van der Waals surface area contributed by atoms with Gasteiger partial charge in [-0.15, -0.1) is 0 Å². The van der Waals surface area contributed by atoms with E-state index in [0.29, 0.717) is 18.4 Å². The van der Waals surface area contributed by atoms with Gasteiger partial charge in [0.25, 0.3) is 0 Å². The summed E-state index contributed by atoms with van der Waals surface area (Å²) in [5.41, 5.74) is 0.501. The second-order valence-electron chi connectivity index (χ2n) is 6.36. The Labute approximate surface area is 145 Å². The predicted octanol–water partition coefficient (Wildman–Crippen LogP) is 3.95. The van der Waals surface area contributed by atoms with E-state index in [9.17, 15) is 26.4 Å². The lowest BCUT2D eigenvalue weighted by Crippen LogP contribution is -2.45. The third kappa shape index (κ3) is 4.74. The van der Waals surface area contributed by atoms with Crippen LogP contribution in [0.1, 0.15) is 49.8 Å². The van der Waals surface area contributed by atoms with Crippen LogP contribution in [-0.2, 0) is 14.8 Å². The number of carbonyl (C=O) groups is 1. The molecule has 1 unspecified atom stereocenters. The lowest BCUT2D eigenvalue weighted by atomic mass is 9.78.